The van der Waals surface area contributed by atoms with Gasteiger partial charge in [-0.25, -0.2) is 9.18 Å². The van der Waals surface area contributed by atoms with E-state index in [1.165, 1.54) is 0 Å². The van der Waals surface area contributed by atoms with Crippen molar-refractivity contribution in [3.63, 3.8) is 0 Å². The second-order valence-corrected chi connectivity index (χ2v) is 4.89. The second-order valence-electron chi connectivity index (χ2n) is 4.89. The van der Waals surface area contributed by atoms with Gasteiger partial charge in [0.05, 0.1) is 18.7 Å². The normalized spacial score (nSPS) is 22.0. The molecular weight excluding hydrogens is 313 g/mol. The maximum absolute atomic E-state index is 13.7. The molecule has 1 aromatic carbocycles. The van der Waals surface area contributed by atoms with Gasteiger partial charge in [-0.15, -0.1) is 0 Å². The van der Waals surface area contributed by atoms with Gasteiger partial charge in [-0.05, 0) is 18.6 Å². The maximum Gasteiger partial charge on any atom is 0.393 e. The molecule has 1 saturated heterocycles. The van der Waals surface area contributed by atoms with E-state index in [2.05, 4.69) is 4.74 Å². The molecule has 1 heterocycles. The van der Waals surface area contributed by atoms with Crippen molar-refractivity contribution >= 4 is 11.7 Å². The topological polar surface area (TPSA) is 49.8 Å². The molecule has 1 aliphatic heterocycles. The van der Waals surface area contributed by atoms with Crippen molar-refractivity contribution in [2.24, 2.45) is 5.92 Å². The van der Waals surface area contributed by atoms with E-state index >= 15 is 0 Å². The predicted octanol–water partition coefficient (Wildman–Crippen LogP) is 2.82. The largest absolute Gasteiger partial charge is 0.491 e. The van der Waals surface area contributed by atoms with Crippen molar-refractivity contribution < 1.29 is 36.6 Å². The molecule has 1 aromatic rings. The molecule has 9 heteroatoms. The van der Waals surface area contributed by atoms with Gasteiger partial charge in [-0.1, -0.05) is 0 Å². The lowest BCUT2D eigenvalue weighted by Crippen LogP contribution is -2.36. The quantitative estimate of drug-likeness (QED) is 0.868. The molecular formula is C13H12F5NO3. The molecule has 1 aliphatic rings. The van der Waals surface area contributed by atoms with E-state index in [-0.39, 0.29) is 5.69 Å². The van der Waals surface area contributed by atoms with Crippen LogP contribution in [0.15, 0.2) is 12.1 Å². The molecule has 0 amide bonds. The van der Waals surface area contributed by atoms with Crippen LogP contribution in [-0.2, 0) is 4.79 Å². The first-order chi connectivity index (χ1) is 10.2. The summed E-state index contributed by atoms with van der Waals surface area (Å²) in [6, 6.07) is 0.226. The molecule has 0 saturated carbocycles. The van der Waals surface area contributed by atoms with Crippen LogP contribution in [0.1, 0.15) is 6.42 Å². The minimum atomic E-state index is -4.58. The highest BCUT2D eigenvalue weighted by Gasteiger charge is 2.50. The van der Waals surface area contributed by atoms with E-state index in [0.29, 0.717) is 6.07 Å². The van der Waals surface area contributed by atoms with Crippen LogP contribution in [0.4, 0.5) is 27.6 Å². The van der Waals surface area contributed by atoms with Crippen LogP contribution in [0.5, 0.6) is 5.75 Å². The van der Waals surface area contributed by atoms with Crippen LogP contribution in [0, 0.1) is 17.6 Å². The molecule has 4 nitrogen and oxygen atoms in total. The summed E-state index contributed by atoms with van der Waals surface area (Å²) in [5.41, 5.74) is -0.222. The highest BCUT2D eigenvalue weighted by molar-refractivity contribution is 5.80. The highest BCUT2D eigenvalue weighted by Crippen LogP contribution is 2.42. The first-order valence-electron chi connectivity index (χ1n) is 6.25. The zero-order valence-electron chi connectivity index (χ0n) is 11.3. The molecule has 2 atom stereocenters. The van der Waals surface area contributed by atoms with E-state index in [9.17, 15) is 26.7 Å². The third kappa shape index (κ3) is 2.79. The number of ether oxygens (including phenoxy) is 1. The number of hydrogen-bond donors (Lipinski definition) is 1. The van der Waals surface area contributed by atoms with E-state index in [4.69, 9.17) is 5.11 Å². The molecule has 2 rings (SSSR count). The van der Waals surface area contributed by atoms with Crippen LogP contribution in [0.2, 0.25) is 0 Å². The van der Waals surface area contributed by atoms with Gasteiger partial charge in [0.15, 0.2) is 11.6 Å². The van der Waals surface area contributed by atoms with Crippen molar-refractivity contribution in [1.29, 1.82) is 0 Å². The summed E-state index contributed by atoms with van der Waals surface area (Å²) in [4.78, 5) is 12.1. The number of rotatable bonds is 3. The average Bonchev–Trinajstić information content (AvgIpc) is 2.86. The van der Waals surface area contributed by atoms with Crippen molar-refractivity contribution in [2.45, 2.75) is 18.6 Å². The Bertz CT molecular complexity index is 590. The van der Waals surface area contributed by atoms with Gasteiger partial charge in [-0.2, -0.15) is 17.6 Å². The molecule has 1 unspecified atom stereocenters. The van der Waals surface area contributed by atoms with E-state index < -0.39 is 54.5 Å². The average molecular weight is 325 g/mol. The molecule has 0 aromatic heterocycles. The SMILES string of the molecule is COc1c(N2C[C@@H](C(F)(F)F)CC2C(=O)O)ccc(F)c1F. The predicted molar refractivity (Wildman–Crippen MR) is 65.8 cm³/mol. The van der Waals surface area contributed by atoms with Crippen molar-refractivity contribution in [3.8, 4) is 5.75 Å². The Balaban J connectivity index is 2.46. The second kappa shape index (κ2) is 5.62. The van der Waals surface area contributed by atoms with Gasteiger partial charge in [0, 0.05) is 6.54 Å². The molecule has 0 radical (unpaired) electrons. The summed E-state index contributed by atoms with van der Waals surface area (Å²) in [5.74, 6) is -6.57. The number of benzene rings is 1. The molecule has 22 heavy (non-hydrogen) atoms. The molecule has 1 N–H and O–H groups in total. The van der Waals surface area contributed by atoms with Gasteiger partial charge < -0.3 is 14.7 Å². The Morgan fingerprint density at radius 2 is 2.00 bits per heavy atom. The fourth-order valence-corrected chi connectivity index (χ4v) is 2.52. The number of halogens is 5. The van der Waals surface area contributed by atoms with Crippen molar-refractivity contribution in [3.05, 3.63) is 23.8 Å². The van der Waals surface area contributed by atoms with Crippen LogP contribution in [0.3, 0.4) is 0 Å². The van der Waals surface area contributed by atoms with E-state index in [0.717, 1.165) is 18.1 Å². The first kappa shape index (κ1) is 16.3. The van der Waals surface area contributed by atoms with Gasteiger partial charge in [-0.3, -0.25) is 0 Å². The minimum absolute atomic E-state index is 0.222. The maximum atomic E-state index is 13.7. The van der Waals surface area contributed by atoms with Gasteiger partial charge >= 0.3 is 12.1 Å². The number of aliphatic carboxylic acids is 1. The number of anilines is 1. The standard InChI is InChI=1S/C13H12F5NO3/c1-22-11-8(3-2-7(14)10(11)15)19-5-6(13(16,17)18)4-9(19)12(20)21/h2-3,6,9H,4-5H2,1H3,(H,20,21)/t6-,9?/m0/s1. The molecule has 1 fully saturated rings. The summed E-state index contributed by atoms with van der Waals surface area (Å²) < 4.78 is 70.0. The number of alkyl halides is 3. The number of nitrogens with zero attached hydrogens (tertiary/aromatic N) is 1. The molecule has 0 aliphatic carbocycles. The van der Waals surface area contributed by atoms with E-state index in [1.54, 1.807) is 0 Å². The number of carbonyl (C=O) groups is 1. The van der Waals surface area contributed by atoms with Crippen LogP contribution < -0.4 is 9.64 Å². The zero-order chi connectivity index (χ0) is 16.7. The number of carboxylic acids is 1. The Labute approximate surface area is 122 Å². The number of hydrogen-bond acceptors (Lipinski definition) is 3. The Hall–Kier alpha value is -2.06. The summed E-state index contributed by atoms with van der Waals surface area (Å²) in [7, 11) is 1.02. The third-order valence-corrected chi connectivity index (χ3v) is 3.59. The van der Waals surface area contributed by atoms with Crippen molar-refractivity contribution in [2.75, 3.05) is 18.6 Å². The van der Waals surface area contributed by atoms with Gasteiger partial charge in [0.25, 0.3) is 0 Å². The molecule has 0 spiro atoms. The first-order valence-corrected chi connectivity index (χ1v) is 6.25. The Morgan fingerprint density at radius 3 is 2.50 bits per heavy atom. The third-order valence-electron chi connectivity index (χ3n) is 3.59. The van der Waals surface area contributed by atoms with Gasteiger partial charge in [0.2, 0.25) is 5.82 Å². The van der Waals surface area contributed by atoms with Crippen molar-refractivity contribution in [1.82, 2.24) is 0 Å². The van der Waals surface area contributed by atoms with E-state index in [1.807, 2.05) is 0 Å². The van der Waals surface area contributed by atoms with Crippen LogP contribution in [-0.4, -0.2) is 36.9 Å². The summed E-state index contributed by atoms with van der Waals surface area (Å²) in [6.45, 7) is -0.665. The fourth-order valence-electron chi connectivity index (χ4n) is 2.52. The lowest BCUT2D eigenvalue weighted by Gasteiger charge is -2.26. The zero-order valence-corrected chi connectivity index (χ0v) is 11.3. The molecule has 0 bridgehead atoms. The number of carboxylic acid groups (broad SMARTS) is 1. The smallest absolute Gasteiger partial charge is 0.393 e. The fraction of sp³-hybridized carbons (Fsp3) is 0.462. The summed E-state index contributed by atoms with van der Waals surface area (Å²) in [6.07, 6.45) is -5.24. The Kier molecular flexibility index (Phi) is 4.17. The lowest BCUT2D eigenvalue weighted by atomic mass is 10.1. The summed E-state index contributed by atoms with van der Waals surface area (Å²) in [5, 5.41) is 9.10. The monoisotopic (exact) mass is 325 g/mol. The number of methoxy groups -OCH3 is 1. The highest BCUT2D eigenvalue weighted by atomic mass is 19.4. The lowest BCUT2D eigenvalue weighted by molar-refractivity contribution is -0.169. The van der Waals surface area contributed by atoms with Crippen LogP contribution >= 0.6 is 0 Å². The van der Waals surface area contributed by atoms with Gasteiger partial charge in [0.1, 0.15) is 6.04 Å². The van der Waals surface area contributed by atoms with Crippen LogP contribution in [0.25, 0.3) is 0 Å². The minimum Gasteiger partial charge on any atom is -0.491 e. The summed E-state index contributed by atoms with van der Waals surface area (Å²) >= 11 is 0. The Morgan fingerprint density at radius 1 is 1.36 bits per heavy atom. The molecule has 122 valence electrons.